The van der Waals surface area contributed by atoms with Crippen LogP contribution in [0.3, 0.4) is 0 Å². The van der Waals surface area contributed by atoms with E-state index in [0.29, 0.717) is 62.9 Å². The highest BCUT2D eigenvalue weighted by molar-refractivity contribution is 7.89. The molecule has 0 atom stereocenters. The number of likely N-dealkylation sites (tertiary alicyclic amines) is 1. The first-order valence-electron chi connectivity index (χ1n) is 10.5. The summed E-state index contributed by atoms with van der Waals surface area (Å²) in [5, 5.41) is 5.33. The lowest BCUT2D eigenvalue weighted by atomic mass is 9.95. The van der Waals surface area contributed by atoms with Crippen molar-refractivity contribution >= 4 is 38.3 Å². The number of nitrogens with one attached hydrogen (secondary N) is 1. The SMILES string of the molecule is Cc1csc(NC(=O)C2CCN(C(=O)c3ccc(S(=O)(=O)N4CCOCC4)cc3)CC2)n1. The van der Waals surface area contributed by atoms with E-state index < -0.39 is 10.0 Å². The van der Waals surface area contributed by atoms with Crippen molar-refractivity contribution in [1.29, 1.82) is 0 Å². The van der Waals surface area contributed by atoms with E-state index in [1.165, 1.54) is 27.8 Å². The monoisotopic (exact) mass is 478 g/mol. The quantitative estimate of drug-likeness (QED) is 0.704. The molecular weight excluding hydrogens is 452 g/mol. The minimum atomic E-state index is -3.59. The Labute approximate surface area is 191 Å². The second kappa shape index (κ2) is 9.65. The molecular formula is C21H26N4O5S2. The van der Waals surface area contributed by atoms with Gasteiger partial charge in [0, 0.05) is 43.0 Å². The van der Waals surface area contributed by atoms with Crippen LogP contribution in [0.5, 0.6) is 0 Å². The summed E-state index contributed by atoms with van der Waals surface area (Å²) < 4.78 is 32.1. The zero-order valence-corrected chi connectivity index (χ0v) is 19.5. The summed E-state index contributed by atoms with van der Waals surface area (Å²) in [4.78, 5) is 31.5. The summed E-state index contributed by atoms with van der Waals surface area (Å²) in [6.45, 7) is 4.24. The minimum Gasteiger partial charge on any atom is -0.379 e. The van der Waals surface area contributed by atoms with Crippen molar-refractivity contribution in [1.82, 2.24) is 14.2 Å². The van der Waals surface area contributed by atoms with Gasteiger partial charge >= 0.3 is 0 Å². The maximum absolute atomic E-state index is 12.9. The van der Waals surface area contributed by atoms with Crippen LogP contribution in [0.1, 0.15) is 28.9 Å². The van der Waals surface area contributed by atoms with Crippen LogP contribution in [-0.4, -0.2) is 73.8 Å². The largest absolute Gasteiger partial charge is 0.379 e. The van der Waals surface area contributed by atoms with Gasteiger partial charge < -0.3 is 15.0 Å². The zero-order chi connectivity index (χ0) is 22.7. The Hall–Kier alpha value is -2.34. The molecule has 4 rings (SSSR count). The Morgan fingerprint density at radius 2 is 1.75 bits per heavy atom. The Morgan fingerprint density at radius 1 is 1.09 bits per heavy atom. The van der Waals surface area contributed by atoms with Crippen molar-refractivity contribution < 1.29 is 22.7 Å². The van der Waals surface area contributed by atoms with Gasteiger partial charge in [-0.05, 0) is 44.0 Å². The Balaban J connectivity index is 1.33. The fourth-order valence-corrected chi connectivity index (χ4v) is 5.95. The molecule has 0 spiro atoms. The van der Waals surface area contributed by atoms with Crippen LogP contribution in [0.2, 0.25) is 0 Å². The van der Waals surface area contributed by atoms with Gasteiger partial charge in [-0.2, -0.15) is 4.31 Å². The number of hydrogen-bond acceptors (Lipinski definition) is 7. The Bertz CT molecular complexity index is 1070. The van der Waals surface area contributed by atoms with Crippen LogP contribution in [-0.2, 0) is 19.6 Å². The fraction of sp³-hybridized carbons (Fsp3) is 0.476. The van der Waals surface area contributed by atoms with Gasteiger partial charge in [-0.3, -0.25) is 9.59 Å². The van der Waals surface area contributed by atoms with Crippen molar-refractivity contribution in [2.24, 2.45) is 5.92 Å². The number of hydrogen-bond donors (Lipinski definition) is 1. The van der Waals surface area contributed by atoms with E-state index in [0.717, 1.165) is 5.69 Å². The molecule has 3 heterocycles. The molecule has 1 aromatic carbocycles. The predicted octanol–water partition coefficient (Wildman–Crippen LogP) is 1.96. The minimum absolute atomic E-state index is 0.0656. The lowest BCUT2D eigenvalue weighted by Crippen LogP contribution is -2.41. The van der Waals surface area contributed by atoms with Crippen LogP contribution >= 0.6 is 11.3 Å². The first-order chi connectivity index (χ1) is 15.3. The molecule has 0 bridgehead atoms. The standard InChI is InChI=1S/C21H26N4O5S2/c1-15-14-31-21(22-15)23-19(26)16-6-8-24(9-7-16)20(27)17-2-4-18(5-3-17)32(28,29)25-10-12-30-13-11-25/h2-5,14,16H,6-13H2,1H3,(H,22,23,26). The number of carbonyl (C=O) groups is 2. The third-order valence-electron chi connectivity index (χ3n) is 5.71. The Morgan fingerprint density at radius 3 is 2.34 bits per heavy atom. The molecule has 2 fully saturated rings. The molecule has 2 amide bonds. The zero-order valence-electron chi connectivity index (χ0n) is 17.8. The highest BCUT2D eigenvalue weighted by Crippen LogP contribution is 2.23. The molecule has 1 aromatic heterocycles. The molecule has 1 N–H and O–H groups in total. The van der Waals surface area contributed by atoms with Crippen molar-refractivity contribution in [2.75, 3.05) is 44.7 Å². The molecule has 2 aromatic rings. The van der Waals surface area contributed by atoms with Gasteiger partial charge in [0.05, 0.1) is 23.8 Å². The molecule has 2 aliphatic rings. The van der Waals surface area contributed by atoms with Gasteiger partial charge in [0.25, 0.3) is 5.91 Å². The number of amides is 2. The summed E-state index contributed by atoms with van der Waals surface area (Å²) in [5.74, 6) is -0.386. The number of anilines is 1. The van der Waals surface area contributed by atoms with Gasteiger partial charge in [-0.25, -0.2) is 13.4 Å². The molecule has 0 saturated carbocycles. The molecule has 9 nitrogen and oxygen atoms in total. The molecule has 11 heteroatoms. The fourth-order valence-electron chi connectivity index (χ4n) is 3.85. The molecule has 0 aliphatic carbocycles. The molecule has 0 radical (unpaired) electrons. The number of piperidine rings is 1. The average Bonchev–Trinajstić information content (AvgIpc) is 3.23. The maximum Gasteiger partial charge on any atom is 0.253 e. The normalized spacial score (nSPS) is 18.5. The van der Waals surface area contributed by atoms with Gasteiger partial charge in [-0.1, -0.05) is 0 Å². The number of benzene rings is 1. The first-order valence-corrected chi connectivity index (χ1v) is 12.9. The smallest absolute Gasteiger partial charge is 0.253 e. The molecule has 32 heavy (non-hydrogen) atoms. The van der Waals surface area contributed by atoms with Crippen molar-refractivity contribution in [3.63, 3.8) is 0 Å². The second-order valence-electron chi connectivity index (χ2n) is 7.89. The number of ether oxygens (including phenoxy) is 1. The topological polar surface area (TPSA) is 109 Å². The van der Waals surface area contributed by atoms with E-state index in [-0.39, 0.29) is 22.6 Å². The predicted molar refractivity (Wildman–Crippen MR) is 120 cm³/mol. The number of carbonyl (C=O) groups excluding carboxylic acids is 2. The lowest BCUT2D eigenvalue weighted by Gasteiger charge is -2.31. The van der Waals surface area contributed by atoms with Gasteiger partial charge in [0.15, 0.2) is 5.13 Å². The van der Waals surface area contributed by atoms with E-state index in [1.54, 1.807) is 17.0 Å². The van der Waals surface area contributed by atoms with Crippen molar-refractivity contribution in [3.8, 4) is 0 Å². The van der Waals surface area contributed by atoms with Gasteiger partial charge in [0.2, 0.25) is 15.9 Å². The van der Waals surface area contributed by atoms with E-state index in [1.807, 2.05) is 12.3 Å². The maximum atomic E-state index is 12.9. The van der Waals surface area contributed by atoms with Crippen LogP contribution in [0, 0.1) is 12.8 Å². The van der Waals surface area contributed by atoms with Crippen LogP contribution in [0.15, 0.2) is 34.5 Å². The summed E-state index contributed by atoms with van der Waals surface area (Å²) in [7, 11) is -3.59. The van der Waals surface area contributed by atoms with E-state index in [2.05, 4.69) is 10.3 Å². The number of nitrogens with zero attached hydrogens (tertiary/aromatic N) is 3. The number of aromatic nitrogens is 1. The Kier molecular flexibility index (Phi) is 6.89. The molecule has 0 unspecified atom stereocenters. The highest BCUT2D eigenvalue weighted by atomic mass is 32.2. The molecule has 2 saturated heterocycles. The summed E-state index contributed by atoms with van der Waals surface area (Å²) in [6, 6.07) is 6.07. The van der Waals surface area contributed by atoms with E-state index in [9.17, 15) is 18.0 Å². The number of sulfonamides is 1. The summed E-state index contributed by atoms with van der Waals surface area (Å²) in [5.41, 5.74) is 1.31. The average molecular weight is 479 g/mol. The summed E-state index contributed by atoms with van der Waals surface area (Å²) >= 11 is 1.40. The third-order valence-corrected chi connectivity index (χ3v) is 8.50. The van der Waals surface area contributed by atoms with Crippen LogP contribution in [0.25, 0.3) is 0 Å². The molecule has 172 valence electrons. The number of morpholine rings is 1. The number of rotatable bonds is 5. The number of thiazole rings is 1. The highest BCUT2D eigenvalue weighted by Gasteiger charge is 2.29. The van der Waals surface area contributed by atoms with Crippen LogP contribution in [0.4, 0.5) is 5.13 Å². The van der Waals surface area contributed by atoms with Crippen LogP contribution < -0.4 is 5.32 Å². The third kappa shape index (κ3) is 5.01. The lowest BCUT2D eigenvalue weighted by molar-refractivity contribution is -0.121. The first kappa shape index (κ1) is 22.8. The number of aryl methyl sites for hydroxylation is 1. The van der Waals surface area contributed by atoms with Gasteiger partial charge in [-0.15, -0.1) is 11.3 Å². The van der Waals surface area contributed by atoms with Crippen molar-refractivity contribution in [2.45, 2.75) is 24.7 Å². The molecule has 2 aliphatic heterocycles. The van der Waals surface area contributed by atoms with E-state index in [4.69, 9.17) is 4.74 Å². The summed E-state index contributed by atoms with van der Waals surface area (Å²) in [6.07, 6.45) is 1.15. The van der Waals surface area contributed by atoms with Crippen molar-refractivity contribution in [3.05, 3.63) is 40.9 Å². The second-order valence-corrected chi connectivity index (χ2v) is 10.7. The van der Waals surface area contributed by atoms with Gasteiger partial charge in [0.1, 0.15) is 0 Å². The van der Waals surface area contributed by atoms with E-state index >= 15 is 0 Å².